The van der Waals surface area contributed by atoms with Gasteiger partial charge in [-0.1, -0.05) is 30.3 Å². The molecular formula is C15H9BrFNO. The molecule has 0 heterocycles. The Morgan fingerprint density at radius 3 is 2.47 bits per heavy atom. The zero-order valence-electron chi connectivity index (χ0n) is 9.81. The summed E-state index contributed by atoms with van der Waals surface area (Å²) in [5.41, 5.74) is 0.933. The first-order chi connectivity index (χ1) is 9.13. The van der Waals surface area contributed by atoms with Gasteiger partial charge < -0.3 is 0 Å². The molecule has 0 N–H and O–H groups in total. The lowest BCUT2D eigenvalue weighted by Gasteiger charge is -2.10. The topological polar surface area (TPSA) is 40.9 Å². The van der Waals surface area contributed by atoms with Gasteiger partial charge in [0, 0.05) is 10.0 Å². The van der Waals surface area contributed by atoms with E-state index in [1.54, 1.807) is 24.3 Å². The van der Waals surface area contributed by atoms with Crippen LogP contribution in [0.4, 0.5) is 4.39 Å². The number of halogens is 2. The molecule has 1 unspecified atom stereocenters. The smallest absolute Gasteiger partial charge is 0.185 e. The molecule has 0 amide bonds. The van der Waals surface area contributed by atoms with Crippen molar-refractivity contribution in [3.63, 3.8) is 0 Å². The van der Waals surface area contributed by atoms with Crippen LogP contribution in [0, 0.1) is 17.1 Å². The third-order valence-electron chi connectivity index (χ3n) is 2.72. The molecule has 94 valence electrons. The molecule has 1 atom stereocenters. The van der Waals surface area contributed by atoms with Gasteiger partial charge in [0.2, 0.25) is 0 Å². The third-order valence-corrected chi connectivity index (χ3v) is 3.38. The van der Waals surface area contributed by atoms with Gasteiger partial charge >= 0.3 is 0 Å². The molecule has 0 aliphatic heterocycles. The number of nitrogens with zero attached hydrogens (tertiary/aromatic N) is 1. The van der Waals surface area contributed by atoms with Crippen molar-refractivity contribution in [3.8, 4) is 6.07 Å². The fourth-order valence-corrected chi connectivity index (χ4v) is 2.32. The Bertz CT molecular complexity index is 649. The minimum absolute atomic E-state index is 0.303. The molecule has 0 radical (unpaired) electrons. The summed E-state index contributed by atoms with van der Waals surface area (Å²) in [7, 11) is 0. The van der Waals surface area contributed by atoms with Gasteiger partial charge in [0.25, 0.3) is 0 Å². The quantitative estimate of drug-likeness (QED) is 0.800. The summed E-state index contributed by atoms with van der Waals surface area (Å²) < 4.78 is 13.4. The number of carbonyl (C=O) groups excluding carboxylic acids is 1. The van der Waals surface area contributed by atoms with Gasteiger partial charge in [-0.25, -0.2) is 4.39 Å². The predicted molar refractivity (Wildman–Crippen MR) is 73.2 cm³/mol. The van der Waals surface area contributed by atoms with Crippen LogP contribution < -0.4 is 0 Å². The molecule has 2 nitrogen and oxygen atoms in total. The lowest BCUT2D eigenvalue weighted by atomic mass is 9.92. The summed E-state index contributed by atoms with van der Waals surface area (Å²) in [6, 6.07) is 14.6. The highest BCUT2D eigenvalue weighted by Crippen LogP contribution is 2.25. The maximum atomic E-state index is 13.0. The molecule has 0 aromatic heterocycles. The summed E-state index contributed by atoms with van der Waals surface area (Å²) in [5, 5.41) is 9.20. The number of rotatable bonds is 3. The van der Waals surface area contributed by atoms with Crippen molar-refractivity contribution in [3.05, 3.63) is 69.9 Å². The molecule has 0 fully saturated rings. The molecular weight excluding hydrogens is 309 g/mol. The SMILES string of the molecule is N#CC(C(=O)c1ccc(F)cc1Br)c1ccccc1. The van der Waals surface area contributed by atoms with Gasteiger partial charge in [0.1, 0.15) is 11.7 Å². The van der Waals surface area contributed by atoms with E-state index >= 15 is 0 Å². The van der Waals surface area contributed by atoms with Gasteiger partial charge in [0.05, 0.1) is 6.07 Å². The van der Waals surface area contributed by atoms with Gasteiger partial charge in [-0.15, -0.1) is 0 Å². The fraction of sp³-hybridized carbons (Fsp3) is 0.0667. The van der Waals surface area contributed by atoms with Crippen LogP contribution in [0.2, 0.25) is 0 Å². The third kappa shape index (κ3) is 2.88. The summed E-state index contributed by atoms with van der Waals surface area (Å²) in [5.74, 6) is -1.67. The molecule has 0 aliphatic carbocycles. The van der Waals surface area contributed by atoms with Crippen molar-refractivity contribution in [2.75, 3.05) is 0 Å². The zero-order chi connectivity index (χ0) is 13.8. The lowest BCUT2D eigenvalue weighted by Crippen LogP contribution is -2.12. The highest BCUT2D eigenvalue weighted by atomic mass is 79.9. The number of benzene rings is 2. The van der Waals surface area contributed by atoms with E-state index in [9.17, 15) is 14.4 Å². The van der Waals surface area contributed by atoms with E-state index in [0.717, 1.165) is 0 Å². The van der Waals surface area contributed by atoms with Crippen LogP contribution in [0.3, 0.4) is 0 Å². The van der Waals surface area contributed by atoms with E-state index in [1.807, 2.05) is 12.1 Å². The van der Waals surface area contributed by atoms with Crippen LogP contribution in [0.1, 0.15) is 21.8 Å². The highest BCUT2D eigenvalue weighted by Gasteiger charge is 2.23. The maximum absolute atomic E-state index is 13.0. The Labute approximate surface area is 118 Å². The van der Waals surface area contributed by atoms with Crippen LogP contribution in [0.5, 0.6) is 0 Å². The standard InChI is InChI=1S/C15H9BrFNO/c16-14-8-11(17)6-7-12(14)15(19)13(9-18)10-4-2-1-3-5-10/h1-8,13H. The molecule has 0 saturated carbocycles. The van der Waals surface area contributed by atoms with Crippen LogP contribution in [0.25, 0.3) is 0 Å². The normalized spacial score (nSPS) is 11.6. The minimum atomic E-state index is -0.886. The Morgan fingerprint density at radius 1 is 1.21 bits per heavy atom. The van der Waals surface area contributed by atoms with Crippen molar-refractivity contribution in [1.82, 2.24) is 0 Å². The largest absolute Gasteiger partial charge is 0.292 e. The Balaban J connectivity index is 2.40. The van der Waals surface area contributed by atoms with E-state index < -0.39 is 11.7 Å². The summed E-state index contributed by atoms with van der Waals surface area (Å²) in [6.07, 6.45) is 0. The van der Waals surface area contributed by atoms with Crippen molar-refractivity contribution in [1.29, 1.82) is 5.26 Å². The molecule has 0 aliphatic rings. The van der Waals surface area contributed by atoms with E-state index in [2.05, 4.69) is 15.9 Å². The van der Waals surface area contributed by atoms with Gasteiger partial charge in [-0.3, -0.25) is 4.79 Å². The number of hydrogen-bond donors (Lipinski definition) is 0. The average Bonchev–Trinajstić information content (AvgIpc) is 2.40. The minimum Gasteiger partial charge on any atom is -0.292 e. The monoisotopic (exact) mass is 317 g/mol. The summed E-state index contributed by atoms with van der Waals surface area (Å²) in [4.78, 5) is 12.3. The van der Waals surface area contributed by atoms with Gasteiger partial charge in [-0.2, -0.15) is 5.26 Å². The molecule has 2 aromatic carbocycles. The van der Waals surface area contributed by atoms with E-state index in [1.165, 1.54) is 18.2 Å². The van der Waals surface area contributed by atoms with Gasteiger partial charge in [-0.05, 0) is 39.7 Å². The molecule has 2 rings (SSSR count). The molecule has 19 heavy (non-hydrogen) atoms. The Morgan fingerprint density at radius 2 is 1.89 bits per heavy atom. The number of carbonyl (C=O) groups is 1. The second-order valence-corrected chi connectivity index (χ2v) is 4.82. The summed E-state index contributed by atoms with van der Waals surface area (Å²) in [6.45, 7) is 0. The van der Waals surface area contributed by atoms with E-state index in [-0.39, 0.29) is 5.78 Å². The first-order valence-corrected chi connectivity index (χ1v) is 6.36. The average molecular weight is 318 g/mol. The number of ketones is 1. The molecule has 2 aromatic rings. The second kappa shape index (κ2) is 5.77. The highest BCUT2D eigenvalue weighted by molar-refractivity contribution is 9.10. The van der Waals surface area contributed by atoms with Crippen molar-refractivity contribution >= 4 is 21.7 Å². The first kappa shape index (κ1) is 13.4. The van der Waals surface area contributed by atoms with E-state index in [0.29, 0.717) is 15.6 Å². The van der Waals surface area contributed by atoms with Crippen molar-refractivity contribution < 1.29 is 9.18 Å². The van der Waals surface area contributed by atoms with Crippen LogP contribution >= 0.6 is 15.9 Å². The predicted octanol–water partition coefficient (Wildman–Crippen LogP) is 4.08. The van der Waals surface area contributed by atoms with Crippen LogP contribution in [0.15, 0.2) is 53.0 Å². The maximum Gasteiger partial charge on any atom is 0.185 e. The number of nitriles is 1. The Hall–Kier alpha value is -1.99. The number of hydrogen-bond acceptors (Lipinski definition) is 2. The molecule has 0 spiro atoms. The molecule has 4 heteroatoms. The Kier molecular flexibility index (Phi) is 4.08. The van der Waals surface area contributed by atoms with Gasteiger partial charge in [0.15, 0.2) is 5.78 Å². The van der Waals surface area contributed by atoms with Crippen LogP contribution in [-0.4, -0.2) is 5.78 Å². The second-order valence-electron chi connectivity index (χ2n) is 3.96. The van der Waals surface area contributed by atoms with Crippen LogP contribution in [-0.2, 0) is 0 Å². The van der Waals surface area contributed by atoms with Crippen molar-refractivity contribution in [2.24, 2.45) is 0 Å². The number of Topliss-reactive ketones (excluding diaryl/α,β-unsaturated/α-hetero) is 1. The zero-order valence-corrected chi connectivity index (χ0v) is 11.4. The molecule has 0 saturated heterocycles. The fourth-order valence-electron chi connectivity index (χ4n) is 1.77. The summed E-state index contributed by atoms with van der Waals surface area (Å²) >= 11 is 3.15. The van der Waals surface area contributed by atoms with E-state index in [4.69, 9.17) is 0 Å². The molecule has 0 bridgehead atoms. The van der Waals surface area contributed by atoms with Crippen molar-refractivity contribution in [2.45, 2.75) is 5.92 Å². The lowest BCUT2D eigenvalue weighted by molar-refractivity contribution is 0.0978. The first-order valence-electron chi connectivity index (χ1n) is 5.57.